The lowest BCUT2D eigenvalue weighted by molar-refractivity contribution is 0.669. The van der Waals surface area contributed by atoms with Gasteiger partial charge >= 0.3 is 0 Å². The summed E-state index contributed by atoms with van der Waals surface area (Å²) in [4.78, 5) is 2.49. The Morgan fingerprint density at radius 3 is 1.73 bits per heavy atom. The summed E-state index contributed by atoms with van der Waals surface area (Å²) in [7, 11) is 0. The lowest BCUT2D eigenvalue weighted by Crippen LogP contribution is -2.29. The van der Waals surface area contributed by atoms with Gasteiger partial charge in [0.1, 0.15) is 11.2 Å². The second kappa shape index (κ2) is 13.7. The normalized spacial score (nSPS) is 14.6. The van der Waals surface area contributed by atoms with E-state index in [9.17, 15) is 0 Å². The van der Waals surface area contributed by atoms with E-state index in [2.05, 4.69) is 241 Å². The van der Waals surface area contributed by atoms with Crippen molar-refractivity contribution in [2.24, 2.45) is 0 Å². The fourth-order valence-electron chi connectivity index (χ4n) is 12.4. The molecule has 67 heavy (non-hydrogen) atoms. The minimum atomic E-state index is -0.698. The summed E-state index contributed by atoms with van der Waals surface area (Å²) < 4.78 is 6.62. The Morgan fingerprint density at radius 2 is 0.910 bits per heavy atom. The monoisotopic (exact) mass is 849 g/mol. The van der Waals surface area contributed by atoms with E-state index in [1.165, 1.54) is 88.0 Å². The first-order valence-corrected chi connectivity index (χ1v) is 23.3. The van der Waals surface area contributed by atoms with Gasteiger partial charge in [-0.1, -0.05) is 194 Å². The molecule has 15 rings (SSSR count). The van der Waals surface area contributed by atoms with E-state index >= 15 is 0 Å². The third-order valence-electron chi connectivity index (χ3n) is 15.0. The molecule has 2 heteroatoms. The Labute approximate surface area is 387 Å². The number of nitrogens with zero attached hydrogens (tertiary/aromatic N) is 1. The van der Waals surface area contributed by atoms with Gasteiger partial charge in [-0.25, -0.2) is 0 Å². The quantitative estimate of drug-likeness (QED) is 0.164. The number of para-hydroxylation sites is 2. The van der Waals surface area contributed by atoms with E-state index < -0.39 is 5.41 Å². The van der Waals surface area contributed by atoms with Gasteiger partial charge in [-0.15, -0.1) is 0 Å². The van der Waals surface area contributed by atoms with Crippen LogP contribution in [0.3, 0.4) is 0 Å². The lowest BCUT2D eigenvalue weighted by Gasteiger charge is -2.37. The fourth-order valence-corrected chi connectivity index (χ4v) is 12.4. The van der Waals surface area contributed by atoms with E-state index in [1.54, 1.807) is 0 Å². The van der Waals surface area contributed by atoms with Gasteiger partial charge in [0, 0.05) is 16.6 Å². The van der Waals surface area contributed by atoms with E-state index in [0.29, 0.717) is 0 Å². The zero-order chi connectivity index (χ0) is 43.8. The Morgan fingerprint density at radius 1 is 0.313 bits per heavy atom. The highest BCUT2D eigenvalue weighted by Crippen LogP contribution is 2.64. The molecule has 2 nitrogen and oxygen atoms in total. The predicted molar refractivity (Wildman–Crippen MR) is 279 cm³/mol. The Hall–Kier alpha value is -8.72. The van der Waals surface area contributed by atoms with Gasteiger partial charge in [-0.05, 0) is 136 Å². The zero-order valence-corrected chi connectivity index (χ0v) is 36.4. The minimum absolute atomic E-state index is 0.698. The molecule has 1 atom stereocenters. The first-order chi connectivity index (χ1) is 33.3. The van der Waals surface area contributed by atoms with Crippen molar-refractivity contribution in [2.45, 2.75) is 5.41 Å². The van der Waals surface area contributed by atoms with Crippen molar-refractivity contribution < 1.29 is 4.42 Å². The van der Waals surface area contributed by atoms with Gasteiger partial charge < -0.3 is 9.32 Å². The molecule has 0 bridgehead atoms. The Balaban J connectivity index is 1.11. The summed E-state index contributed by atoms with van der Waals surface area (Å²) in [6.45, 7) is 0. The van der Waals surface area contributed by atoms with Crippen molar-refractivity contribution in [3.8, 4) is 44.5 Å². The SMILES string of the molecule is c1ccc(-c2ccccc2N(c2ccc3c(c2)C2(c4ccccc4-c4ccccc4-3)c3ccccc3-c3c2cc2ccc4cccc5ccc3c2c45)c2cccc3oc4ccccc4c23)cc1. The molecule has 0 saturated heterocycles. The molecular formula is C65H39NO. The number of hydrogen-bond acceptors (Lipinski definition) is 2. The third-order valence-corrected chi connectivity index (χ3v) is 15.0. The molecule has 0 N–H and O–H groups in total. The standard InChI is InChI=1S/C65H39NO/c1-2-16-40(17-3-1)45-20-8-12-28-57(45)66(58-29-15-31-60-64(58)51-25-9-13-30-59(51)67-60)44-35-37-49-47-22-5-4-21-46(47)48-23-6-10-26-53(48)65(55(49)39-44)54-27-11-7-24-50(54)63-52-36-34-42-19-14-18-41-32-33-43(38-56(63)65)62(52)61(41)42/h1-39H. The van der Waals surface area contributed by atoms with Crippen molar-refractivity contribution in [3.05, 3.63) is 259 Å². The average Bonchev–Trinajstić information content (AvgIpc) is 3.89. The number of benzene rings is 12. The average molecular weight is 850 g/mol. The summed E-state index contributed by atoms with van der Waals surface area (Å²) in [5, 5.41) is 9.97. The molecule has 0 fully saturated rings. The number of rotatable bonds is 4. The highest BCUT2D eigenvalue weighted by molar-refractivity contribution is 6.27. The number of fused-ring (bicyclic) bond motifs is 16. The molecule has 1 spiro atoms. The van der Waals surface area contributed by atoms with Gasteiger partial charge in [-0.2, -0.15) is 0 Å². The zero-order valence-electron chi connectivity index (χ0n) is 36.4. The van der Waals surface area contributed by atoms with E-state index in [-0.39, 0.29) is 0 Å². The molecule has 2 aliphatic carbocycles. The van der Waals surface area contributed by atoms with Crippen molar-refractivity contribution in [3.63, 3.8) is 0 Å². The van der Waals surface area contributed by atoms with Crippen LogP contribution in [0.4, 0.5) is 17.1 Å². The maximum atomic E-state index is 6.62. The highest BCUT2D eigenvalue weighted by atomic mass is 16.3. The highest BCUT2D eigenvalue weighted by Gasteiger charge is 2.50. The van der Waals surface area contributed by atoms with Crippen LogP contribution in [0.25, 0.3) is 98.8 Å². The number of hydrogen-bond donors (Lipinski definition) is 0. The van der Waals surface area contributed by atoms with Crippen molar-refractivity contribution in [1.29, 1.82) is 0 Å². The van der Waals surface area contributed by atoms with Crippen LogP contribution in [0.1, 0.15) is 22.3 Å². The molecule has 1 unspecified atom stereocenters. The minimum Gasteiger partial charge on any atom is -0.456 e. The smallest absolute Gasteiger partial charge is 0.137 e. The first-order valence-electron chi connectivity index (χ1n) is 23.3. The van der Waals surface area contributed by atoms with Crippen molar-refractivity contribution >= 4 is 71.3 Å². The Bertz CT molecular complexity index is 4160. The van der Waals surface area contributed by atoms with Gasteiger partial charge in [0.15, 0.2) is 0 Å². The lowest BCUT2D eigenvalue weighted by atomic mass is 9.65. The first kappa shape index (κ1) is 36.6. The van der Waals surface area contributed by atoms with Gasteiger partial charge in [0.2, 0.25) is 0 Å². The molecule has 12 aromatic carbocycles. The largest absolute Gasteiger partial charge is 0.456 e. The fraction of sp³-hybridized carbons (Fsp3) is 0.0154. The summed E-state index contributed by atoms with van der Waals surface area (Å²) in [6, 6.07) is 88.0. The number of furan rings is 1. The van der Waals surface area contributed by atoms with Crippen LogP contribution < -0.4 is 4.90 Å². The van der Waals surface area contributed by atoms with Crippen LogP contribution in [0.15, 0.2) is 241 Å². The van der Waals surface area contributed by atoms with Crippen LogP contribution in [0, 0.1) is 0 Å². The van der Waals surface area contributed by atoms with Crippen molar-refractivity contribution in [1.82, 2.24) is 0 Å². The summed E-state index contributed by atoms with van der Waals surface area (Å²) in [5.74, 6) is 0. The summed E-state index contributed by atoms with van der Waals surface area (Å²) in [6.07, 6.45) is 0. The maximum absolute atomic E-state index is 6.62. The van der Waals surface area contributed by atoms with E-state index in [1.807, 2.05) is 0 Å². The predicted octanol–water partition coefficient (Wildman–Crippen LogP) is 17.6. The molecule has 310 valence electrons. The molecular weight excluding hydrogens is 811 g/mol. The van der Waals surface area contributed by atoms with Gasteiger partial charge in [0.25, 0.3) is 0 Å². The van der Waals surface area contributed by atoms with Crippen molar-refractivity contribution in [2.75, 3.05) is 4.90 Å². The van der Waals surface area contributed by atoms with Gasteiger partial charge in [0.05, 0.1) is 22.2 Å². The van der Waals surface area contributed by atoms with Crippen LogP contribution in [-0.2, 0) is 5.41 Å². The van der Waals surface area contributed by atoms with Crippen LogP contribution in [0.2, 0.25) is 0 Å². The molecule has 1 aromatic heterocycles. The molecule has 13 aromatic rings. The molecule has 0 amide bonds. The molecule has 1 heterocycles. The molecule has 2 aliphatic rings. The molecule has 0 radical (unpaired) electrons. The third kappa shape index (κ3) is 4.89. The number of anilines is 3. The summed E-state index contributed by atoms with van der Waals surface area (Å²) >= 11 is 0. The Kier molecular flexibility index (Phi) is 7.46. The van der Waals surface area contributed by atoms with Crippen LogP contribution >= 0.6 is 0 Å². The molecule has 0 aliphatic heterocycles. The second-order valence-electron chi connectivity index (χ2n) is 18.2. The van der Waals surface area contributed by atoms with Crippen LogP contribution in [0.5, 0.6) is 0 Å². The van der Waals surface area contributed by atoms with Crippen LogP contribution in [-0.4, -0.2) is 0 Å². The van der Waals surface area contributed by atoms with E-state index in [4.69, 9.17) is 4.42 Å². The molecule has 0 saturated carbocycles. The summed E-state index contributed by atoms with van der Waals surface area (Å²) in [5.41, 5.74) is 19.3. The van der Waals surface area contributed by atoms with E-state index in [0.717, 1.165) is 50.1 Å². The maximum Gasteiger partial charge on any atom is 0.137 e. The van der Waals surface area contributed by atoms with Gasteiger partial charge in [-0.3, -0.25) is 0 Å². The second-order valence-corrected chi connectivity index (χ2v) is 18.2. The topological polar surface area (TPSA) is 16.4 Å².